The van der Waals surface area contributed by atoms with Crippen molar-refractivity contribution in [1.29, 1.82) is 0 Å². The summed E-state index contributed by atoms with van der Waals surface area (Å²) in [4.78, 5) is 0. The van der Waals surface area contributed by atoms with Gasteiger partial charge < -0.3 is 11.1 Å². The summed E-state index contributed by atoms with van der Waals surface area (Å²) in [6.45, 7) is 5.52. The third kappa shape index (κ3) is 2.76. The van der Waals surface area contributed by atoms with Gasteiger partial charge in [-0.1, -0.05) is 6.92 Å². The van der Waals surface area contributed by atoms with Crippen LogP contribution in [0.4, 0.5) is 0 Å². The number of rotatable bonds is 5. The maximum Gasteiger partial charge on any atom is 0.0166 e. The molecule has 72 valence electrons. The van der Waals surface area contributed by atoms with Gasteiger partial charge in [-0.2, -0.15) is 0 Å². The van der Waals surface area contributed by atoms with E-state index in [1.165, 1.54) is 25.7 Å². The second-order valence-corrected chi connectivity index (χ2v) is 4.23. The normalized spacial score (nSPS) is 23.2. The topological polar surface area (TPSA) is 38.0 Å². The Bertz CT molecular complexity index is 130. The Balaban J connectivity index is 2.01. The van der Waals surface area contributed by atoms with Gasteiger partial charge >= 0.3 is 0 Å². The Morgan fingerprint density at radius 3 is 2.58 bits per heavy atom. The van der Waals surface area contributed by atoms with Crippen molar-refractivity contribution in [3.05, 3.63) is 0 Å². The highest BCUT2D eigenvalue weighted by Crippen LogP contribution is 2.31. The summed E-state index contributed by atoms with van der Waals surface area (Å²) >= 11 is 0. The van der Waals surface area contributed by atoms with Crippen molar-refractivity contribution >= 4 is 0 Å². The summed E-state index contributed by atoms with van der Waals surface area (Å²) in [6.07, 6.45) is 6.15. The van der Waals surface area contributed by atoms with E-state index in [1.54, 1.807) is 0 Å². The van der Waals surface area contributed by atoms with Crippen LogP contribution in [0.3, 0.4) is 0 Å². The zero-order valence-electron chi connectivity index (χ0n) is 8.40. The van der Waals surface area contributed by atoms with E-state index in [9.17, 15) is 0 Å². The molecule has 1 rings (SSSR count). The molecule has 2 heteroatoms. The molecule has 0 radical (unpaired) electrons. The lowest BCUT2D eigenvalue weighted by Gasteiger charge is -2.38. The first-order valence-electron chi connectivity index (χ1n) is 5.18. The lowest BCUT2D eigenvalue weighted by Crippen LogP contribution is -2.48. The highest BCUT2D eigenvalue weighted by molar-refractivity contribution is 4.92. The quantitative estimate of drug-likeness (QED) is 0.658. The maximum atomic E-state index is 6.09. The Labute approximate surface area is 75.9 Å². The molecule has 0 aromatic carbocycles. The van der Waals surface area contributed by atoms with E-state index in [-0.39, 0.29) is 5.54 Å². The largest absolute Gasteiger partial charge is 0.325 e. The molecule has 3 N–H and O–H groups in total. The summed E-state index contributed by atoms with van der Waals surface area (Å²) in [7, 11) is 0. The van der Waals surface area contributed by atoms with Crippen molar-refractivity contribution in [1.82, 2.24) is 5.32 Å². The summed E-state index contributed by atoms with van der Waals surface area (Å²) in [5.41, 5.74) is 6.29. The summed E-state index contributed by atoms with van der Waals surface area (Å²) in [5, 5.41) is 3.48. The molecule has 0 bridgehead atoms. The fraction of sp³-hybridized carbons (Fsp3) is 1.00. The first kappa shape index (κ1) is 10.0. The molecule has 0 aromatic heterocycles. The second kappa shape index (κ2) is 4.24. The van der Waals surface area contributed by atoms with Crippen LogP contribution in [0.5, 0.6) is 0 Å². The van der Waals surface area contributed by atoms with Crippen LogP contribution in [-0.4, -0.2) is 18.1 Å². The lowest BCUT2D eigenvalue weighted by molar-refractivity contribution is 0.227. The van der Waals surface area contributed by atoms with Gasteiger partial charge in [-0.25, -0.2) is 0 Å². The SMILES string of the molecule is CCC(C)NCCC1(N)CCC1. The predicted octanol–water partition coefficient (Wildman–Crippen LogP) is 1.65. The summed E-state index contributed by atoms with van der Waals surface area (Å²) in [5.74, 6) is 0. The molecule has 2 nitrogen and oxygen atoms in total. The van der Waals surface area contributed by atoms with Crippen molar-refractivity contribution in [2.24, 2.45) is 5.73 Å². The van der Waals surface area contributed by atoms with Crippen LogP contribution in [0.15, 0.2) is 0 Å². The van der Waals surface area contributed by atoms with Crippen LogP contribution in [-0.2, 0) is 0 Å². The van der Waals surface area contributed by atoms with E-state index >= 15 is 0 Å². The third-order valence-corrected chi connectivity index (χ3v) is 3.08. The van der Waals surface area contributed by atoms with Gasteiger partial charge in [0, 0.05) is 11.6 Å². The number of hydrogen-bond acceptors (Lipinski definition) is 2. The van der Waals surface area contributed by atoms with Crippen LogP contribution in [0, 0.1) is 0 Å². The van der Waals surface area contributed by atoms with E-state index in [4.69, 9.17) is 5.73 Å². The van der Waals surface area contributed by atoms with Crippen molar-refractivity contribution in [3.63, 3.8) is 0 Å². The van der Waals surface area contributed by atoms with Crippen LogP contribution >= 0.6 is 0 Å². The minimum Gasteiger partial charge on any atom is -0.325 e. The Hall–Kier alpha value is -0.0800. The molecular formula is C10H22N2. The monoisotopic (exact) mass is 170 g/mol. The van der Waals surface area contributed by atoms with Gasteiger partial charge in [0.1, 0.15) is 0 Å². The molecule has 0 heterocycles. The average Bonchev–Trinajstić information content (AvgIpc) is 2.01. The van der Waals surface area contributed by atoms with Crippen molar-refractivity contribution in [3.8, 4) is 0 Å². The van der Waals surface area contributed by atoms with E-state index in [1.807, 2.05) is 0 Å². The minimum atomic E-state index is 0.195. The summed E-state index contributed by atoms with van der Waals surface area (Å²) < 4.78 is 0. The van der Waals surface area contributed by atoms with Gasteiger partial charge in [0.15, 0.2) is 0 Å². The van der Waals surface area contributed by atoms with E-state index < -0.39 is 0 Å². The van der Waals surface area contributed by atoms with Crippen molar-refractivity contribution in [2.45, 2.75) is 57.5 Å². The number of hydrogen-bond donors (Lipinski definition) is 2. The molecule has 0 amide bonds. The molecule has 1 aliphatic rings. The zero-order chi connectivity index (χ0) is 9.03. The van der Waals surface area contributed by atoms with Gasteiger partial charge in [-0.05, 0) is 45.6 Å². The molecule has 0 aromatic rings. The molecule has 12 heavy (non-hydrogen) atoms. The zero-order valence-corrected chi connectivity index (χ0v) is 8.40. The third-order valence-electron chi connectivity index (χ3n) is 3.08. The molecule has 1 unspecified atom stereocenters. The van der Waals surface area contributed by atoms with Crippen LogP contribution in [0.2, 0.25) is 0 Å². The fourth-order valence-corrected chi connectivity index (χ4v) is 1.59. The van der Waals surface area contributed by atoms with Crippen molar-refractivity contribution in [2.75, 3.05) is 6.54 Å². The highest BCUT2D eigenvalue weighted by Gasteiger charge is 2.31. The highest BCUT2D eigenvalue weighted by atomic mass is 14.9. The molecule has 1 saturated carbocycles. The van der Waals surface area contributed by atoms with Gasteiger partial charge in [0.2, 0.25) is 0 Å². The summed E-state index contributed by atoms with van der Waals surface area (Å²) in [6, 6.07) is 0.647. The number of nitrogens with two attached hydrogens (primary N) is 1. The van der Waals surface area contributed by atoms with Gasteiger partial charge in [0.05, 0.1) is 0 Å². The average molecular weight is 170 g/mol. The Morgan fingerprint density at radius 2 is 2.17 bits per heavy atom. The molecule has 0 spiro atoms. The van der Waals surface area contributed by atoms with Crippen LogP contribution in [0.1, 0.15) is 46.0 Å². The first-order chi connectivity index (χ1) is 5.66. The molecule has 1 fully saturated rings. The van der Waals surface area contributed by atoms with Crippen molar-refractivity contribution < 1.29 is 0 Å². The smallest absolute Gasteiger partial charge is 0.0166 e. The molecule has 1 aliphatic carbocycles. The first-order valence-corrected chi connectivity index (χ1v) is 5.18. The van der Waals surface area contributed by atoms with Crippen LogP contribution in [0.25, 0.3) is 0 Å². The number of nitrogens with one attached hydrogen (secondary N) is 1. The maximum absolute atomic E-state index is 6.09. The van der Waals surface area contributed by atoms with E-state index in [0.29, 0.717) is 6.04 Å². The van der Waals surface area contributed by atoms with Gasteiger partial charge in [0.25, 0.3) is 0 Å². The predicted molar refractivity (Wildman–Crippen MR) is 53.1 cm³/mol. The van der Waals surface area contributed by atoms with E-state index in [2.05, 4.69) is 19.2 Å². The minimum absolute atomic E-state index is 0.195. The molecule has 0 saturated heterocycles. The Kier molecular flexibility index (Phi) is 3.53. The Morgan fingerprint density at radius 1 is 1.50 bits per heavy atom. The molecular weight excluding hydrogens is 148 g/mol. The fourth-order valence-electron chi connectivity index (χ4n) is 1.59. The van der Waals surface area contributed by atoms with Gasteiger partial charge in [-0.15, -0.1) is 0 Å². The van der Waals surface area contributed by atoms with E-state index in [0.717, 1.165) is 13.0 Å². The molecule has 1 atom stereocenters. The van der Waals surface area contributed by atoms with Crippen LogP contribution < -0.4 is 11.1 Å². The van der Waals surface area contributed by atoms with Gasteiger partial charge in [-0.3, -0.25) is 0 Å². The second-order valence-electron chi connectivity index (χ2n) is 4.23. The molecule has 0 aliphatic heterocycles. The standard InChI is InChI=1S/C10H22N2/c1-3-9(2)12-8-7-10(11)5-4-6-10/h9,12H,3-8,11H2,1-2H3. The lowest BCUT2D eigenvalue weighted by atomic mass is 9.75.